The van der Waals surface area contributed by atoms with Crippen LogP contribution >= 0.6 is 7.82 Å². The van der Waals surface area contributed by atoms with Crippen molar-refractivity contribution in [3.63, 3.8) is 0 Å². The summed E-state index contributed by atoms with van der Waals surface area (Å²) in [5.41, 5.74) is 0. The van der Waals surface area contributed by atoms with E-state index < -0.39 is 57.6 Å². The van der Waals surface area contributed by atoms with Crippen molar-refractivity contribution in [2.75, 3.05) is 19.8 Å². The zero-order valence-electron chi connectivity index (χ0n) is 40.1. The van der Waals surface area contributed by atoms with E-state index in [1.165, 1.54) is 135 Å². The molecule has 0 saturated heterocycles. The van der Waals surface area contributed by atoms with Gasteiger partial charge >= 0.3 is 19.8 Å². The molecule has 11 nitrogen and oxygen atoms in total. The first kappa shape index (κ1) is 60.7. The van der Waals surface area contributed by atoms with E-state index in [9.17, 15) is 34.1 Å². The van der Waals surface area contributed by atoms with Crippen LogP contribution in [-0.4, -0.2) is 64.9 Å². The minimum Gasteiger partial charge on any atom is -0.480 e. The van der Waals surface area contributed by atoms with Gasteiger partial charge in [-0.2, -0.15) is 0 Å². The van der Waals surface area contributed by atoms with Gasteiger partial charge in [-0.1, -0.05) is 211 Å². The summed E-state index contributed by atoms with van der Waals surface area (Å²) in [5.74, 6) is -2.37. The Balaban J connectivity index is 3.84. The minimum atomic E-state index is -4.76. The molecule has 0 aromatic heterocycles. The highest BCUT2D eigenvalue weighted by atomic mass is 31.2. The summed E-state index contributed by atoms with van der Waals surface area (Å²) in [6, 6.07) is -1.55. The zero-order chi connectivity index (χ0) is 46.3. The van der Waals surface area contributed by atoms with Crippen LogP contribution in [0.5, 0.6) is 0 Å². The van der Waals surface area contributed by atoms with Crippen molar-refractivity contribution in [1.82, 2.24) is 5.32 Å². The number of esters is 1. The number of hydrogen-bond acceptors (Lipinski definition) is 8. The number of nitrogens with one attached hydrogen (secondary N) is 1. The van der Waals surface area contributed by atoms with Crippen LogP contribution in [-0.2, 0) is 32.7 Å². The number of hydrogen-bond donors (Lipinski definition) is 4. The largest absolute Gasteiger partial charge is 0.480 e. The molecule has 0 radical (unpaired) electrons. The number of carbonyl (C=O) groups excluding carboxylic acids is 2. The van der Waals surface area contributed by atoms with Crippen molar-refractivity contribution in [1.29, 1.82) is 0 Å². The topological polar surface area (TPSA) is 169 Å². The number of unbranched alkanes of at least 4 members (excludes halogenated alkanes) is 28. The molecule has 0 rings (SSSR count). The van der Waals surface area contributed by atoms with Gasteiger partial charge in [0.1, 0.15) is 12.7 Å². The lowest BCUT2D eigenvalue weighted by Gasteiger charge is -2.18. The summed E-state index contributed by atoms with van der Waals surface area (Å²) >= 11 is 0. The number of aliphatic carboxylic acids is 1. The van der Waals surface area contributed by atoms with Crippen LogP contribution in [0.3, 0.4) is 0 Å². The molecular weight excluding hydrogens is 818 g/mol. The first-order valence-electron chi connectivity index (χ1n) is 25.5. The van der Waals surface area contributed by atoms with Crippen LogP contribution in [0.2, 0.25) is 0 Å². The normalized spacial score (nSPS) is 13.8. The van der Waals surface area contributed by atoms with Gasteiger partial charge in [-0.3, -0.25) is 18.6 Å². The number of phosphoric acid groups is 1. The zero-order valence-corrected chi connectivity index (χ0v) is 41.0. The SMILES string of the molecule is CCCCC/C=C\C/C=C\C/C=C\CCCCCCCCCCC(=O)NC(COP(=O)(O)OCC(O)COC(=O)CCCCCCCCCCCCCCCCCCCC)C(=O)O. The average molecular weight is 912 g/mol. The van der Waals surface area contributed by atoms with Gasteiger partial charge in [0.2, 0.25) is 5.91 Å². The quantitative estimate of drug-likeness (QED) is 0.0199. The lowest BCUT2D eigenvalue weighted by molar-refractivity contribution is -0.147. The lowest BCUT2D eigenvalue weighted by atomic mass is 10.0. The number of aliphatic hydroxyl groups excluding tert-OH is 1. The van der Waals surface area contributed by atoms with E-state index >= 15 is 0 Å². The van der Waals surface area contributed by atoms with Crippen molar-refractivity contribution >= 4 is 25.7 Å². The number of rotatable bonds is 48. The summed E-state index contributed by atoms with van der Waals surface area (Å²) in [7, 11) is -4.76. The monoisotopic (exact) mass is 912 g/mol. The third-order valence-electron chi connectivity index (χ3n) is 11.2. The summed E-state index contributed by atoms with van der Waals surface area (Å²) in [4.78, 5) is 46.1. The van der Waals surface area contributed by atoms with E-state index in [2.05, 4.69) is 55.6 Å². The third-order valence-corrected chi connectivity index (χ3v) is 12.1. The van der Waals surface area contributed by atoms with Crippen molar-refractivity contribution in [2.45, 2.75) is 251 Å². The first-order chi connectivity index (χ1) is 30.6. The molecule has 0 aliphatic heterocycles. The molecule has 0 aliphatic rings. The second-order valence-electron chi connectivity index (χ2n) is 17.4. The van der Waals surface area contributed by atoms with Crippen molar-refractivity contribution in [3.05, 3.63) is 36.5 Å². The number of carbonyl (C=O) groups is 3. The molecule has 368 valence electrons. The molecule has 0 heterocycles. The van der Waals surface area contributed by atoms with Gasteiger partial charge in [0.05, 0.1) is 13.2 Å². The lowest BCUT2D eigenvalue weighted by Crippen LogP contribution is -2.43. The Labute approximate surface area is 384 Å². The Kier molecular flexibility index (Phi) is 44.5. The Morgan fingerprint density at radius 3 is 1.33 bits per heavy atom. The molecule has 3 atom stereocenters. The van der Waals surface area contributed by atoms with Crippen molar-refractivity contribution < 1.29 is 47.8 Å². The van der Waals surface area contributed by atoms with Gasteiger partial charge in [0.25, 0.3) is 0 Å². The molecule has 0 bridgehead atoms. The fraction of sp³-hybridized carbons (Fsp3) is 0.824. The van der Waals surface area contributed by atoms with Crippen LogP contribution in [0.15, 0.2) is 36.5 Å². The Bertz CT molecular complexity index is 1210. The highest BCUT2D eigenvalue weighted by Gasteiger charge is 2.28. The Morgan fingerprint density at radius 1 is 0.508 bits per heavy atom. The summed E-state index contributed by atoms with van der Waals surface area (Å²) in [6.07, 6.45) is 51.6. The van der Waals surface area contributed by atoms with Crippen molar-refractivity contribution in [2.24, 2.45) is 0 Å². The van der Waals surface area contributed by atoms with E-state index in [-0.39, 0.29) is 12.8 Å². The number of amides is 1. The molecule has 0 saturated carbocycles. The highest BCUT2D eigenvalue weighted by molar-refractivity contribution is 7.47. The maximum absolute atomic E-state index is 12.4. The molecule has 12 heteroatoms. The number of carboxylic acids is 1. The predicted octanol–water partition coefficient (Wildman–Crippen LogP) is 14.0. The number of aliphatic hydroxyl groups is 1. The number of phosphoric ester groups is 1. The van der Waals surface area contributed by atoms with E-state index in [1.54, 1.807) is 0 Å². The van der Waals surface area contributed by atoms with Gasteiger partial charge in [0.15, 0.2) is 6.04 Å². The summed E-state index contributed by atoms with van der Waals surface area (Å²) < 4.78 is 26.9. The van der Waals surface area contributed by atoms with E-state index in [0.717, 1.165) is 64.2 Å². The van der Waals surface area contributed by atoms with Crippen LogP contribution in [0.1, 0.15) is 239 Å². The molecule has 0 aromatic rings. The van der Waals surface area contributed by atoms with E-state index in [0.29, 0.717) is 12.8 Å². The molecule has 0 spiro atoms. The number of allylic oxidation sites excluding steroid dienone is 6. The molecule has 0 fully saturated rings. The van der Waals surface area contributed by atoms with Crippen LogP contribution in [0.4, 0.5) is 0 Å². The van der Waals surface area contributed by atoms with Gasteiger partial charge in [-0.25, -0.2) is 9.36 Å². The second kappa shape index (κ2) is 46.2. The molecule has 4 N–H and O–H groups in total. The van der Waals surface area contributed by atoms with Gasteiger partial charge < -0.3 is 25.2 Å². The van der Waals surface area contributed by atoms with Crippen LogP contribution in [0.25, 0.3) is 0 Å². The Hall–Kier alpha value is -2.30. The summed E-state index contributed by atoms with van der Waals surface area (Å²) in [6.45, 7) is 2.60. The molecule has 1 amide bonds. The Morgan fingerprint density at radius 2 is 0.873 bits per heavy atom. The van der Waals surface area contributed by atoms with E-state index in [1.807, 2.05) is 0 Å². The van der Waals surface area contributed by atoms with Gasteiger partial charge in [-0.15, -0.1) is 0 Å². The fourth-order valence-electron chi connectivity index (χ4n) is 7.21. The number of carboxylic acid groups (broad SMARTS) is 1. The maximum atomic E-state index is 12.4. The van der Waals surface area contributed by atoms with Crippen molar-refractivity contribution in [3.8, 4) is 0 Å². The van der Waals surface area contributed by atoms with Gasteiger partial charge in [-0.05, 0) is 51.4 Å². The van der Waals surface area contributed by atoms with Crippen LogP contribution < -0.4 is 5.32 Å². The highest BCUT2D eigenvalue weighted by Crippen LogP contribution is 2.43. The molecule has 0 aliphatic carbocycles. The number of ether oxygens (including phenoxy) is 1. The van der Waals surface area contributed by atoms with Gasteiger partial charge in [0, 0.05) is 12.8 Å². The molecule has 0 aromatic carbocycles. The van der Waals surface area contributed by atoms with E-state index in [4.69, 9.17) is 13.8 Å². The smallest absolute Gasteiger partial charge is 0.472 e. The molecule has 63 heavy (non-hydrogen) atoms. The fourth-order valence-corrected chi connectivity index (χ4v) is 7.98. The summed E-state index contributed by atoms with van der Waals surface area (Å²) in [5, 5.41) is 21.9. The minimum absolute atomic E-state index is 0.138. The van der Waals surface area contributed by atoms with Crippen LogP contribution in [0, 0.1) is 0 Å². The molecule has 3 unspecified atom stereocenters. The maximum Gasteiger partial charge on any atom is 0.472 e. The first-order valence-corrected chi connectivity index (χ1v) is 27.0. The standard InChI is InChI=1S/C51H94NO10P/c1-3-5-7-9-11-13-15-17-19-21-23-24-25-26-28-30-32-34-36-38-40-42-49(54)52-48(51(56)57)46-62-63(58,59)61-45-47(53)44-60-50(55)43-41-39-37-35-33-31-29-27-22-20-18-16-14-12-10-8-6-4-2/h11,13,17,19,23-24,47-48,53H,3-10,12,14-16,18,20-22,25-46H2,1-2H3,(H,52,54)(H,56,57)(H,58,59)/b13-11-,19-17-,24-23-. The average Bonchev–Trinajstić information content (AvgIpc) is 3.26. The third kappa shape index (κ3) is 46.0. The molecular formula is C51H94NO10P. The predicted molar refractivity (Wildman–Crippen MR) is 259 cm³/mol. The second-order valence-corrected chi connectivity index (χ2v) is 18.8.